The molecule has 0 spiro atoms. The highest BCUT2D eigenvalue weighted by atomic mass is 16.7. The van der Waals surface area contributed by atoms with E-state index in [1.165, 1.54) is 0 Å². The van der Waals surface area contributed by atoms with E-state index in [2.05, 4.69) is 5.32 Å². The van der Waals surface area contributed by atoms with E-state index in [9.17, 15) is 15.0 Å². The Kier molecular flexibility index (Phi) is 3.56. The van der Waals surface area contributed by atoms with Crippen molar-refractivity contribution in [3.05, 3.63) is 0 Å². The second-order valence-electron chi connectivity index (χ2n) is 4.32. The van der Waals surface area contributed by atoms with Gasteiger partial charge in [-0.3, -0.25) is 10.1 Å². The fourth-order valence-electron chi connectivity index (χ4n) is 1.66. The highest BCUT2D eigenvalue weighted by Gasteiger charge is 2.42. The molecule has 1 aliphatic carbocycles. The van der Waals surface area contributed by atoms with Gasteiger partial charge in [0.15, 0.2) is 18.8 Å². The third kappa shape index (κ3) is 2.58. The average molecular weight is 231 g/mol. The van der Waals surface area contributed by atoms with E-state index in [0.29, 0.717) is 12.3 Å². The molecule has 0 bridgehead atoms. The van der Waals surface area contributed by atoms with Gasteiger partial charge >= 0.3 is 0 Å². The Morgan fingerprint density at radius 2 is 2.12 bits per heavy atom. The van der Waals surface area contributed by atoms with E-state index in [4.69, 9.17) is 9.47 Å². The topological polar surface area (TPSA) is 88.0 Å². The normalized spacial score (nSPS) is 40.9. The van der Waals surface area contributed by atoms with Crippen LogP contribution in [0.2, 0.25) is 0 Å². The van der Waals surface area contributed by atoms with Gasteiger partial charge in [-0.2, -0.15) is 0 Å². The van der Waals surface area contributed by atoms with Crippen LogP contribution in [0.1, 0.15) is 19.8 Å². The fourth-order valence-corrected chi connectivity index (χ4v) is 1.66. The second-order valence-corrected chi connectivity index (χ2v) is 4.32. The van der Waals surface area contributed by atoms with Gasteiger partial charge in [-0.25, -0.2) is 0 Å². The first-order chi connectivity index (χ1) is 7.61. The zero-order valence-electron chi connectivity index (χ0n) is 9.07. The number of aldehydes is 1. The van der Waals surface area contributed by atoms with Crippen molar-refractivity contribution in [3.8, 4) is 0 Å². The van der Waals surface area contributed by atoms with Crippen molar-refractivity contribution >= 4 is 6.29 Å². The summed E-state index contributed by atoms with van der Waals surface area (Å²) in [7, 11) is 0. The van der Waals surface area contributed by atoms with Crippen LogP contribution in [-0.4, -0.2) is 53.4 Å². The summed E-state index contributed by atoms with van der Waals surface area (Å²) in [6.45, 7) is 1.64. The molecular formula is C10H17NO5. The summed E-state index contributed by atoms with van der Waals surface area (Å²) in [6, 6.07) is 0.316. The molecule has 92 valence electrons. The van der Waals surface area contributed by atoms with Gasteiger partial charge in [0.05, 0.1) is 6.10 Å². The summed E-state index contributed by atoms with van der Waals surface area (Å²) >= 11 is 0. The molecule has 1 unspecified atom stereocenters. The number of ether oxygens (including phenoxy) is 2. The quantitative estimate of drug-likeness (QED) is 0.404. The summed E-state index contributed by atoms with van der Waals surface area (Å²) < 4.78 is 10.5. The standard InChI is InChI=1S/C10H17NO5/c1-5-8(13)9(14)10(15-5)16-7(4-12)11-6-2-3-6/h4-11,13-14H,2-3H2,1H3/t5-,7?,8+,9-,10-/m1/s1. The molecule has 6 heteroatoms. The number of carbonyl (C=O) groups is 1. The van der Waals surface area contributed by atoms with E-state index in [-0.39, 0.29) is 0 Å². The monoisotopic (exact) mass is 231 g/mol. The first-order valence-corrected chi connectivity index (χ1v) is 5.50. The van der Waals surface area contributed by atoms with E-state index in [1.54, 1.807) is 6.92 Å². The lowest BCUT2D eigenvalue weighted by Crippen LogP contribution is -2.42. The molecule has 5 atom stereocenters. The molecule has 2 fully saturated rings. The maximum absolute atomic E-state index is 10.7. The fraction of sp³-hybridized carbons (Fsp3) is 0.900. The van der Waals surface area contributed by atoms with Gasteiger partial charge in [-0.15, -0.1) is 0 Å². The number of nitrogens with one attached hydrogen (secondary N) is 1. The van der Waals surface area contributed by atoms with Crippen molar-refractivity contribution in [1.29, 1.82) is 0 Å². The highest BCUT2D eigenvalue weighted by Crippen LogP contribution is 2.24. The molecule has 0 aromatic heterocycles. The minimum Gasteiger partial charge on any atom is -0.388 e. The van der Waals surface area contributed by atoms with Gasteiger partial charge in [0.2, 0.25) is 0 Å². The third-order valence-corrected chi connectivity index (χ3v) is 2.84. The van der Waals surface area contributed by atoms with Crippen LogP contribution >= 0.6 is 0 Å². The van der Waals surface area contributed by atoms with Crippen LogP contribution < -0.4 is 5.32 Å². The van der Waals surface area contributed by atoms with Crippen molar-refractivity contribution in [2.24, 2.45) is 0 Å². The second kappa shape index (κ2) is 4.77. The highest BCUT2D eigenvalue weighted by molar-refractivity contribution is 5.55. The molecule has 6 nitrogen and oxygen atoms in total. The van der Waals surface area contributed by atoms with E-state index in [1.807, 2.05) is 0 Å². The van der Waals surface area contributed by atoms with Gasteiger partial charge in [0.25, 0.3) is 0 Å². The Balaban J connectivity index is 1.85. The van der Waals surface area contributed by atoms with Crippen molar-refractivity contribution < 1.29 is 24.5 Å². The number of aliphatic hydroxyl groups excluding tert-OH is 2. The SMILES string of the molecule is C[C@H]1O[C@H](OC(C=O)NC2CC2)[C@H](O)[C@H]1O. The van der Waals surface area contributed by atoms with Crippen molar-refractivity contribution in [3.63, 3.8) is 0 Å². The van der Waals surface area contributed by atoms with Crippen LogP contribution in [0.3, 0.4) is 0 Å². The lowest BCUT2D eigenvalue weighted by Gasteiger charge is -2.20. The number of carbonyl (C=O) groups excluding carboxylic acids is 1. The third-order valence-electron chi connectivity index (χ3n) is 2.84. The first kappa shape index (κ1) is 11.9. The largest absolute Gasteiger partial charge is 0.388 e. The summed E-state index contributed by atoms with van der Waals surface area (Å²) in [5.41, 5.74) is 0. The number of aliphatic hydroxyl groups is 2. The van der Waals surface area contributed by atoms with Crippen LogP contribution in [0.5, 0.6) is 0 Å². The predicted octanol–water partition coefficient (Wildman–Crippen LogP) is -1.25. The first-order valence-electron chi connectivity index (χ1n) is 5.50. The Hall–Kier alpha value is -0.530. The summed E-state index contributed by atoms with van der Waals surface area (Å²) in [4.78, 5) is 10.7. The molecule has 0 aromatic rings. The van der Waals surface area contributed by atoms with E-state index >= 15 is 0 Å². The summed E-state index contributed by atoms with van der Waals surface area (Å²) in [5.74, 6) is 0. The summed E-state index contributed by atoms with van der Waals surface area (Å²) in [6.07, 6.45) is -1.63. The predicted molar refractivity (Wildman–Crippen MR) is 53.4 cm³/mol. The molecule has 16 heavy (non-hydrogen) atoms. The van der Waals surface area contributed by atoms with Gasteiger partial charge in [-0.05, 0) is 19.8 Å². The molecule has 1 saturated carbocycles. The van der Waals surface area contributed by atoms with E-state index in [0.717, 1.165) is 12.8 Å². The molecule has 2 rings (SSSR count). The van der Waals surface area contributed by atoms with Gasteiger partial charge in [0.1, 0.15) is 12.2 Å². The number of hydrogen-bond acceptors (Lipinski definition) is 6. The Morgan fingerprint density at radius 3 is 2.56 bits per heavy atom. The van der Waals surface area contributed by atoms with Crippen molar-refractivity contribution in [1.82, 2.24) is 5.32 Å². The molecule has 0 amide bonds. The molecule has 1 aliphatic heterocycles. The number of rotatable bonds is 5. The van der Waals surface area contributed by atoms with E-state index < -0.39 is 30.8 Å². The Morgan fingerprint density at radius 1 is 1.44 bits per heavy atom. The maximum atomic E-state index is 10.7. The minimum atomic E-state index is -1.11. The van der Waals surface area contributed by atoms with Gasteiger partial charge in [-0.1, -0.05) is 0 Å². The maximum Gasteiger partial charge on any atom is 0.188 e. The molecule has 1 saturated heterocycles. The van der Waals surface area contributed by atoms with Crippen LogP contribution in [0.25, 0.3) is 0 Å². The van der Waals surface area contributed by atoms with Gasteiger partial charge in [0, 0.05) is 6.04 Å². The Bertz CT molecular complexity index is 258. The molecule has 0 radical (unpaired) electrons. The van der Waals surface area contributed by atoms with Crippen LogP contribution in [0, 0.1) is 0 Å². The van der Waals surface area contributed by atoms with Crippen molar-refractivity contribution in [2.45, 2.75) is 56.6 Å². The van der Waals surface area contributed by atoms with Crippen LogP contribution in [0.4, 0.5) is 0 Å². The molecule has 1 heterocycles. The molecule has 2 aliphatic rings. The average Bonchev–Trinajstić information content (AvgIpc) is 3.04. The molecule has 0 aromatic carbocycles. The zero-order chi connectivity index (χ0) is 11.7. The summed E-state index contributed by atoms with van der Waals surface area (Å²) in [5, 5.41) is 22.0. The van der Waals surface area contributed by atoms with Gasteiger partial charge < -0.3 is 19.7 Å². The molecular weight excluding hydrogens is 214 g/mol. The van der Waals surface area contributed by atoms with Crippen LogP contribution in [0.15, 0.2) is 0 Å². The number of hydrogen-bond donors (Lipinski definition) is 3. The lowest BCUT2D eigenvalue weighted by atomic mass is 10.2. The minimum absolute atomic E-state index is 0.316. The van der Waals surface area contributed by atoms with Crippen LogP contribution in [-0.2, 0) is 14.3 Å². The van der Waals surface area contributed by atoms with Crippen molar-refractivity contribution in [2.75, 3.05) is 0 Å². The Labute approximate surface area is 93.5 Å². The lowest BCUT2D eigenvalue weighted by molar-refractivity contribution is -0.192. The molecule has 3 N–H and O–H groups in total. The zero-order valence-corrected chi connectivity index (χ0v) is 9.07. The smallest absolute Gasteiger partial charge is 0.188 e.